The largest absolute Gasteiger partial charge is 0.382 e. The topological polar surface area (TPSA) is 50.9 Å². The highest BCUT2D eigenvalue weighted by Crippen LogP contribution is 2.23. The highest BCUT2D eigenvalue weighted by atomic mass is 16.3. The number of nitrogens with zero attached hydrogens (tertiary/aromatic N) is 3. The molecule has 0 fully saturated rings. The Morgan fingerprint density at radius 2 is 1.85 bits per heavy atom. The summed E-state index contributed by atoms with van der Waals surface area (Å²) in [6.07, 6.45) is 2.68. The monoisotopic (exact) mass is 265 g/mol. The number of pyridine rings is 1. The Kier molecular flexibility index (Phi) is 3.31. The van der Waals surface area contributed by atoms with Crippen molar-refractivity contribution in [3.63, 3.8) is 0 Å². The zero-order valence-electron chi connectivity index (χ0n) is 11.1. The molecule has 3 rings (SSSR count). The number of aromatic nitrogens is 3. The predicted octanol–water partition coefficient (Wildman–Crippen LogP) is 2.66. The van der Waals surface area contributed by atoms with Gasteiger partial charge in [0.1, 0.15) is 6.10 Å². The van der Waals surface area contributed by atoms with E-state index in [2.05, 4.69) is 10.1 Å². The Bertz CT molecular complexity index is 707. The molecule has 100 valence electrons. The van der Waals surface area contributed by atoms with Crippen molar-refractivity contribution in [2.24, 2.45) is 0 Å². The summed E-state index contributed by atoms with van der Waals surface area (Å²) in [4.78, 5) is 4.15. The molecule has 2 heterocycles. The first-order valence-electron chi connectivity index (χ1n) is 6.45. The molecule has 1 N–H and O–H groups in total. The van der Waals surface area contributed by atoms with Crippen LogP contribution in [0, 0.1) is 6.92 Å². The molecular formula is C16H15N3O. The summed E-state index contributed by atoms with van der Waals surface area (Å²) in [5.41, 5.74) is 3.36. The SMILES string of the molecule is Cc1cc(C(O)c2ccnn2-c2ccccc2)ccn1. The summed E-state index contributed by atoms with van der Waals surface area (Å²) < 4.78 is 1.75. The Morgan fingerprint density at radius 1 is 1.05 bits per heavy atom. The maximum atomic E-state index is 10.6. The van der Waals surface area contributed by atoms with E-state index in [1.807, 2.05) is 55.5 Å². The van der Waals surface area contributed by atoms with Crippen LogP contribution >= 0.6 is 0 Å². The second kappa shape index (κ2) is 5.27. The summed E-state index contributed by atoms with van der Waals surface area (Å²) in [6.45, 7) is 1.91. The van der Waals surface area contributed by atoms with Gasteiger partial charge >= 0.3 is 0 Å². The van der Waals surface area contributed by atoms with Crippen molar-refractivity contribution in [3.05, 3.63) is 77.9 Å². The van der Waals surface area contributed by atoms with E-state index in [0.29, 0.717) is 0 Å². The molecule has 0 spiro atoms. The maximum Gasteiger partial charge on any atom is 0.121 e. The minimum absolute atomic E-state index is 0.723. The Hall–Kier alpha value is -2.46. The summed E-state index contributed by atoms with van der Waals surface area (Å²) in [5.74, 6) is 0. The fraction of sp³-hybridized carbons (Fsp3) is 0.125. The first kappa shape index (κ1) is 12.6. The van der Waals surface area contributed by atoms with Gasteiger partial charge in [-0.25, -0.2) is 4.68 Å². The molecule has 3 aromatic rings. The normalized spacial score (nSPS) is 12.3. The van der Waals surface area contributed by atoms with Crippen molar-refractivity contribution < 1.29 is 5.11 Å². The van der Waals surface area contributed by atoms with Crippen LogP contribution < -0.4 is 0 Å². The smallest absolute Gasteiger partial charge is 0.121 e. The van der Waals surface area contributed by atoms with Crippen molar-refractivity contribution in [3.8, 4) is 5.69 Å². The van der Waals surface area contributed by atoms with Crippen LogP contribution in [0.15, 0.2) is 60.9 Å². The number of aryl methyl sites for hydroxylation is 1. The summed E-state index contributed by atoms with van der Waals surface area (Å²) in [7, 11) is 0. The lowest BCUT2D eigenvalue weighted by atomic mass is 10.1. The molecule has 0 aliphatic rings. The van der Waals surface area contributed by atoms with Crippen LogP contribution in [0.5, 0.6) is 0 Å². The van der Waals surface area contributed by atoms with Gasteiger partial charge in [-0.2, -0.15) is 5.10 Å². The van der Waals surface area contributed by atoms with E-state index >= 15 is 0 Å². The number of hydrogen-bond donors (Lipinski definition) is 1. The molecule has 2 aromatic heterocycles. The minimum Gasteiger partial charge on any atom is -0.382 e. The van der Waals surface area contributed by atoms with E-state index in [1.54, 1.807) is 17.1 Å². The summed E-state index contributed by atoms with van der Waals surface area (Å²) in [6, 6.07) is 15.3. The molecule has 1 aromatic carbocycles. The third-order valence-electron chi connectivity index (χ3n) is 3.19. The van der Waals surface area contributed by atoms with Crippen LogP contribution in [-0.2, 0) is 0 Å². The van der Waals surface area contributed by atoms with E-state index in [-0.39, 0.29) is 0 Å². The lowest BCUT2D eigenvalue weighted by Gasteiger charge is -2.14. The average Bonchev–Trinajstić information content (AvgIpc) is 2.97. The second-order valence-electron chi connectivity index (χ2n) is 4.64. The number of hydrogen-bond acceptors (Lipinski definition) is 3. The predicted molar refractivity (Wildman–Crippen MR) is 76.6 cm³/mol. The number of aliphatic hydroxyl groups is 1. The van der Waals surface area contributed by atoms with Crippen LogP contribution in [-0.4, -0.2) is 19.9 Å². The fourth-order valence-corrected chi connectivity index (χ4v) is 2.21. The number of benzene rings is 1. The number of para-hydroxylation sites is 1. The van der Waals surface area contributed by atoms with Crippen LogP contribution in [0.4, 0.5) is 0 Å². The average molecular weight is 265 g/mol. The van der Waals surface area contributed by atoms with E-state index in [1.165, 1.54) is 0 Å². The van der Waals surface area contributed by atoms with Crippen molar-refractivity contribution >= 4 is 0 Å². The highest BCUT2D eigenvalue weighted by Gasteiger charge is 2.16. The Labute approximate surface area is 117 Å². The Balaban J connectivity index is 2.02. The lowest BCUT2D eigenvalue weighted by Crippen LogP contribution is -2.08. The van der Waals surface area contributed by atoms with Crippen molar-refractivity contribution in [2.45, 2.75) is 13.0 Å². The van der Waals surface area contributed by atoms with Crippen LogP contribution in [0.25, 0.3) is 5.69 Å². The van der Waals surface area contributed by atoms with Crippen molar-refractivity contribution in [2.75, 3.05) is 0 Å². The number of rotatable bonds is 3. The molecule has 0 bridgehead atoms. The van der Waals surface area contributed by atoms with E-state index in [9.17, 15) is 5.11 Å². The molecule has 1 atom stereocenters. The molecule has 4 nitrogen and oxygen atoms in total. The molecule has 1 unspecified atom stereocenters. The standard InChI is InChI=1S/C16H15N3O/c1-12-11-13(7-9-17-12)16(20)15-8-10-18-19(15)14-5-3-2-4-6-14/h2-11,16,20H,1H3. The molecule has 0 saturated heterocycles. The van der Waals surface area contributed by atoms with Crippen LogP contribution in [0.1, 0.15) is 23.1 Å². The molecule has 0 aliphatic carbocycles. The lowest BCUT2D eigenvalue weighted by molar-refractivity contribution is 0.212. The van der Waals surface area contributed by atoms with Gasteiger partial charge in [-0.05, 0) is 42.8 Å². The molecule has 0 aliphatic heterocycles. The van der Waals surface area contributed by atoms with Gasteiger partial charge in [0.05, 0.1) is 11.4 Å². The molecule has 0 saturated carbocycles. The molecule has 4 heteroatoms. The zero-order valence-corrected chi connectivity index (χ0v) is 11.1. The first-order chi connectivity index (χ1) is 9.75. The number of aliphatic hydroxyl groups excluding tert-OH is 1. The zero-order chi connectivity index (χ0) is 13.9. The van der Waals surface area contributed by atoms with Crippen LogP contribution in [0.2, 0.25) is 0 Å². The van der Waals surface area contributed by atoms with E-state index in [0.717, 1.165) is 22.6 Å². The van der Waals surface area contributed by atoms with Gasteiger partial charge in [-0.3, -0.25) is 4.98 Å². The summed E-state index contributed by atoms with van der Waals surface area (Å²) >= 11 is 0. The van der Waals surface area contributed by atoms with Gasteiger partial charge in [0, 0.05) is 18.1 Å². The van der Waals surface area contributed by atoms with Gasteiger partial charge in [-0.15, -0.1) is 0 Å². The molecule has 0 amide bonds. The van der Waals surface area contributed by atoms with Gasteiger partial charge in [-0.1, -0.05) is 18.2 Å². The van der Waals surface area contributed by atoms with Crippen molar-refractivity contribution in [1.29, 1.82) is 0 Å². The first-order valence-corrected chi connectivity index (χ1v) is 6.45. The van der Waals surface area contributed by atoms with E-state index in [4.69, 9.17) is 0 Å². The molecule has 20 heavy (non-hydrogen) atoms. The molecular weight excluding hydrogens is 250 g/mol. The fourth-order valence-electron chi connectivity index (χ4n) is 2.21. The molecule has 0 radical (unpaired) electrons. The minimum atomic E-state index is -0.723. The van der Waals surface area contributed by atoms with Crippen molar-refractivity contribution in [1.82, 2.24) is 14.8 Å². The van der Waals surface area contributed by atoms with Crippen LogP contribution in [0.3, 0.4) is 0 Å². The third kappa shape index (κ3) is 2.33. The maximum absolute atomic E-state index is 10.6. The highest BCUT2D eigenvalue weighted by molar-refractivity contribution is 5.35. The van der Waals surface area contributed by atoms with E-state index < -0.39 is 6.10 Å². The third-order valence-corrected chi connectivity index (χ3v) is 3.19. The van der Waals surface area contributed by atoms with Gasteiger partial charge in [0.25, 0.3) is 0 Å². The van der Waals surface area contributed by atoms with Gasteiger partial charge < -0.3 is 5.11 Å². The summed E-state index contributed by atoms with van der Waals surface area (Å²) in [5, 5.41) is 14.9. The Morgan fingerprint density at radius 3 is 2.60 bits per heavy atom. The quantitative estimate of drug-likeness (QED) is 0.792. The second-order valence-corrected chi connectivity index (χ2v) is 4.64. The van der Waals surface area contributed by atoms with Gasteiger partial charge in [0.15, 0.2) is 0 Å². The van der Waals surface area contributed by atoms with Gasteiger partial charge in [0.2, 0.25) is 0 Å².